The van der Waals surface area contributed by atoms with Crippen molar-refractivity contribution < 1.29 is 14.3 Å². The number of para-hydroxylation sites is 1. The fourth-order valence-corrected chi connectivity index (χ4v) is 5.78. The number of benzene rings is 3. The van der Waals surface area contributed by atoms with E-state index in [1.165, 1.54) is 5.56 Å². The van der Waals surface area contributed by atoms with Crippen molar-refractivity contribution in [2.45, 2.75) is 35.7 Å². The molecule has 33 heavy (non-hydrogen) atoms. The van der Waals surface area contributed by atoms with Crippen molar-refractivity contribution in [1.29, 1.82) is 0 Å². The van der Waals surface area contributed by atoms with E-state index < -0.39 is 0 Å². The van der Waals surface area contributed by atoms with Gasteiger partial charge in [0.15, 0.2) is 11.5 Å². The molecule has 0 saturated heterocycles. The Balaban J connectivity index is 1.45. The van der Waals surface area contributed by atoms with Crippen LogP contribution < -0.4 is 14.4 Å². The lowest BCUT2D eigenvalue weighted by Gasteiger charge is -2.37. The highest BCUT2D eigenvalue weighted by Gasteiger charge is 2.32. The van der Waals surface area contributed by atoms with E-state index in [1.54, 1.807) is 26.0 Å². The number of methoxy groups -OCH3 is 2. The molecule has 0 radical (unpaired) electrons. The summed E-state index contributed by atoms with van der Waals surface area (Å²) in [5, 5.41) is 0.618. The van der Waals surface area contributed by atoms with Crippen LogP contribution in [0.5, 0.6) is 11.5 Å². The summed E-state index contributed by atoms with van der Waals surface area (Å²) >= 11 is 7.98. The number of ether oxygens (including phenoxy) is 2. The topological polar surface area (TPSA) is 42.0 Å². The SMILES string of the molecule is COc1cc2c(cc1OC)CN(CC(=O)N1c3ccccc3Sc3ccc(Cl)cc31)C(C)C2. The smallest absolute Gasteiger partial charge is 0.245 e. The van der Waals surface area contributed by atoms with Crippen molar-refractivity contribution in [3.63, 3.8) is 0 Å². The van der Waals surface area contributed by atoms with E-state index in [2.05, 4.69) is 24.0 Å². The lowest BCUT2D eigenvalue weighted by Crippen LogP contribution is -2.45. The first-order valence-corrected chi connectivity index (χ1v) is 12.0. The molecule has 0 spiro atoms. The Morgan fingerprint density at radius 2 is 1.70 bits per heavy atom. The highest BCUT2D eigenvalue weighted by atomic mass is 35.5. The van der Waals surface area contributed by atoms with Crippen LogP contribution in [0.3, 0.4) is 0 Å². The molecule has 1 unspecified atom stereocenters. The van der Waals surface area contributed by atoms with Gasteiger partial charge in [-0.1, -0.05) is 35.5 Å². The second-order valence-corrected chi connectivity index (χ2v) is 9.87. The minimum Gasteiger partial charge on any atom is -0.493 e. The highest BCUT2D eigenvalue weighted by molar-refractivity contribution is 7.99. The molecule has 0 bridgehead atoms. The van der Waals surface area contributed by atoms with E-state index in [0.717, 1.165) is 38.9 Å². The molecule has 1 amide bonds. The first-order chi connectivity index (χ1) is 16.0. The molecule has 2 aliphatic heterocycles. The molecular weight excluding hydrogens is 456 g/mol. The van der Waals surface area contributed by atoms with Gasteiger partial charge in [0.1, 0.15) is 0 Å². The van der Waals surface area contributed by atoms with Crippen molar-refractivity contribution in [3.8, 4) is 11.5 Å². The molecule has 5 nitrogen and oxygen atoms in total. The molecule has 2 heterocycles. The number of nitrogens with zero attached hydrogens (tertiary/aromatic N) is 2. The van der Waals surface area contributed by atoms with Crippen LogP contribution in [0.25, 0.3) is 0 Å². The maximum Gasteiger partial charge on any atom is 0.245 e. The van der Waals surface area contributed by atoms with Crippen molar-refractivity contribution in [1.82, 2.24) is 4.90 Å². The van der Waals surface area contributed by atoms with Crippen LogP contribution in [-0.4, -0.2) is 37.6 Å². The van der Waals surface area contributed by atoms with E-state index in [4.69, 9.17) is 21.1 Å². The lowest BCUT2D eigenvalue weighted by atomic mass is 9.94. The number of fused-ring (bicyclic) bond motifs is 3. The maximum absolute atomic E-state index is 13.8. The van der Waals surface area contributed by atoms with Gasteiger partial charge in [0.05, 0.1) is 32.1 Å². The molecule has 7 heteroatoms. The van der Waals surface area contributed by atoms with Crippen LogP contribution in [0.15, 0.2) is 64.4 Å². The zero-order valence-electron chi connectivity index (χ0n) is 18.8. The van der Waals surface area contributed by atoms with Crippen LogP contribution in [0.2, 0.25) is 5.02 Å². The van der Waals surface area contributed by atoms with E-state index >= 15 is 0 Å². The summed E-state index contributed by atoms with van der Waals surface area (Å²) in [6, 6.07) is 18.0. The molecule has 170 valence electrons. The highest BCUT2D eigenvalue weighted by Crippen LogP contribution is 2.49. The first-order valence-electron chi connectivity index (χ1n) is 10.9. The predicted molar refractivity (Wildman–Crippen MR) is 132 cm³/mol. The number of halogens is 1. The fourth-order valence-electron chi connectivity index (χ4n) is 4.58. The number of carbonyl (C=O) groups excluding carboxylic acids is 1. The third kappa shape index (κ3) is 4.07. The zero-order valence-corrected chi connectivity index (χ0v) is 20.4. The van der Waals surface area contributed by atoms with Gasteiger partial charge in [0.2, 0.25) is 5.91 Å². The molecule has 0 N–H and O–H groups in total. The molecule has 0 aliphatic carbocycles. The van der Waals surface area contributed by atoms with E-state index in [1.807, 2.05) is 47.4 Å². The Hall–Kier alpha value is -2.67. The minimum atomic E-state index is 0.0297. The summed E-state index contributed by atoms with van der Waals surface area (Å²) in [5.74, 6) is 1.48. The Kier molecular flexibility index (Phi) is 5.99. The molecule has 0 fully saturated rings. The third-order valence-electron chi connectivity index (χ3n) is 6.29. The summed E-state index contributed by atoms with van der Waals surface area (Å²) in [4.78, 5) is 19.9. The van der Waals surface area contributed by atoms with Crippen molar-refractivity contribution in [2.24, 2.45) is 0 Å². The van der Waals surface area contributed by atoms with Crippen LogP contribution >= 0.6 is 23.4 Å². The molecule has 0 saturated carbocycles. The van der Waals surface area contributed by atoms with Crippen molar-refractivity contribution in [3.05, 3.63) is 70.7 Å². The summed E-state index contributed by atoms with van der Waals surface area (Å²) in [6.07, 6.45) is 0.845. The van der Waals surface area contributed by atoms with Gasteiger partial charge in [-0.15, -0.1) is 0 Å². The summed E-state index contributed by atoms with van der Waals surface area (Å²) in [6.45, 7) is 3.15. The molecule has 2 aliphatic rings. The van der Waals surface area contributed by atoms with Gasteiger partial charge in [-0.2, -0.15) is 0 Å². The average Bonchev–Trinajstić information content (AvgIpc) is 2.82. The Morgan fingerprint density at radius 3 is 2.45 bits per heavy atom. The van der Waals surface area contributed by atoms with E-state index in [0.29, 0.717) is 23.9 Å². The number of hydrogen-bond acceptors (Lipinski definition) is 5. The third-order valence-corrected chi connectivity index (χ3v) is 7.66. The molecule has 0 aromatic heterocycles. The Labute approximate surface area is 203 Å². The molecule has 5 rings (SSSR count). The first kappa shape index (κ1) is 22.1. The summed E-state index contributed by atoms with van der Waals surface area (Å²) in [5.41, 5.74) is 4.14. The predicted octanol–water partition coefficient (Wildman–Crippen LogP) is 5.93. The van der Waals surface area contributed by atoms with Gasteiger partial charge in [0.25, 0.3) is 0 Å². The van der Waals surface area contributed by atoms with Crippen molar-refractivity contribution in [2.75, 3.05) is 25.7 Å². The molecule has 3 aromatic rings. The van der Waals surface area contributed by atoms with Gasteiger partial charge < -0.3 is 9.47 Å². The van der Waals surface area contributed by atoms with Crippen LogP contribution in [0, 0.1) is 0 Å². The summed E-state index contributed by atoms with van der Waals surface area (Å²) in [7, 11) is 3.30. The quantitative estimate of drug-likeness (QED) is 0.462. The number of rotatable bonds is 4. The standard InChI is InChI=1S/C26H25ClN2O3S/c1-16-10-17-11-22(31-2)23(32-3)12-18(17)14-28(16)15-26(30)29-20-6-4-5-7-24(20)33-25-9-8-19(27)13-21(25)29/h4-9,11-13,16H,10,14-15H2,1-3H3. The number of amides is 1. The molecule has 3 aromatic carbocycles. The number of hydrogen-bond donors (Lipinski definition) is 0. The number of carbonyl (C=O) groups is 1. The second-order valence-electron chi connectivity index (χ2n) is 8.35. The van der Waals surface area contributed by atoms with Gasteiger partial charge >= 0.3 is 0 Å². The molecular formula is C26H25ClN2O3S. The van der Waals surface area contributed by atoms with Gasteiger partial charge in [-0.25, -0.2) is 0 Å². The van der Waals surface area contributed by atoms with Crippen LogP contribution in [0.1, 0.15) is 18.1 Å². The van der Waals surface area contributed by atoms with Crippen LogP contribution in [0.4, 0.5) is 11.4 Å². The average molecular weight is 481 g/mol. The van der Waals surface area contributed by atoms with Crippen molar-refractivity contribution >= 4 is 40.6 Å². The van der Waals surface area contributed by atoms with Gasteiger partial charge in [-0.3, -0.25) is 14.6 Å². The van der Waals surface area contributed by atoms with Gasteiger partial charge in [0, 0.05) is 27.4 Å². The summed E-state index contributed by atoms with van der Waals surface area (Å²) < 4.78 is 11.0. The molecule has 1 atom stereocenters. The van der Waals surface area contributed by atoms with Crippen LogP contribution in [-0.2, 0) is 17.8 Å². The minimum absolute atomic E-state index is 0.0297. The van der Waals surface area contributed by atoms with Gasteiger partial charge in [-0.05, 0) is 66.9 Å². The fraction of sp³-hybridized carbons (Fsp3) is 0.269. The normalized spacial score (nSPS) is 17.1. The largest absolute Gasteiger partial charge is 0.493 e. The Morgan fingerprint density at radius 1 is 1.00 bits per heavy atom. The van der Waals surface area contributed by atoms with E-state index in [9.17, 15) is 4.79 Å². The number of anilines is 2. The zero-order chi connectivity index (χ0) is 23.1. The Bertz CT molecular complexity index is 1230. The second kappa shape index (κ2) is 8.93. The van der Waals surface area contributed by atoms with E-state index in [-0.39, 0.29) is 11.9 Å². The maximum atomic E-state index is 13.8. The monoisotopic (exact) mass is 480 g/mol. The lowest BCUT2D eigenvalue weighted by molar-refractivity contribution is -0.119.